The van der Waals surface area contributed by atoms with Crippen molar-refractivity contribution in [1.82, 2.24) is 4.34 Å². The van der Waals surface area contributed by atoms with Gasteiger partial charge in [-0.25, -0.2) is 4.34 Å². The van der Waals surface area contributed by atoms with Gasteiger partial charge in [0.25, 0.3) is 0 Å². The number of hydrogen-bond acceptors (Lipinski definition) is 2. The van der Waals surface area contributed by atoms with E-state index in [1.807, 2.05) is 0 Å². The second-order valence-corrected chi connectivity index (χ2v) is 6.22. The molecule has 0 rings (SSSR count). The third-order valence-electron chi connectivity index (χ3n) is 3.81. The average Bonchev–Trinajstić information content (AvgIpc) is 2.48. The lowest BCUT2D eigenvalue weighted by atomic mass is 10.1. The molecule has 1 atom stereocenters. The van der Waals surface area contributed by atoms with Gasteiger partial charge >= 0.3 is 0 Å². The van der Waals surface area contributed by atoms with Gasteiger partial charge in [0.15, 0.2) is 0 Å². The summed E-state index contributed by atoms with van der Waals surface area (Å²) in [6.07, 6.45) is 17.9. The number of halogens is 1. The summed E-state index contributed by atoms with van der Waals surface area (Å²) in [4.78, 5) is 0. The van der Waals surface area contributed by atoms with E-state index in [0.29, 0.717) is 0 Å². The average molecular weight is 350 g/mol. The second-order valence-electron chi connectivity index (χ2n) is 5.77. The Balaban J connectivity index is 3.02. The van der Waals surface area contributed by atoms with Gasteiger partial charge in [0.05, 0.1) is 0 Å². The Hall–Kier alpha value is 0.400. The van der Waals surface area contributed by atoms with E-state index in [1.54, 1.807) is 0 Å². The molecule has 3 heteroatoms. The maximum absolute atomic E-state index is 5.67. The van der Waals surface area contributed by atoms with Gasteiger partial charge in [-0.3, -0.25) is 0 Å². The molecule has 0 spiro atoms. The summed E-state index contributed by atoms with van der Waals surface area (Å²) in [5, 5.41) is 0. The van der Waals surface area contributed by atoms with Crippen molar-refractivity contribution >= 4 is 16.1 Å². The minimum absolute atomic E-state index is 0.169. The molecule has 0 aliphatic heterocycles. The van der Waals surface area contributed by atoms with Gasteiger partial charge in [-0.2, -0.15) is 0 Å². The Bertz CT molecular complexity index is 174. The van der Waals surface area contributed by atoms with Crippen molar-refractivity contribution in [2.75, 3.05) is 6.61 Å². The minimum atomic E-state index is 0.169. The highest BCUT2D eigenvalue weighted by Gasteiger charge is 2.02. The molecule has 0 amide bonds. The van der Waals surface area contributed by atoms with E-state index in [1.165, 1.54) is 77.0 Å². The highest BCUT2D eigenvalue weighted by Crippen LogP contribution is 2.12. The van der Waals surface area contributed by atoms with Crippen molar-refractivity contribution in [3.63, 3.8) is 0 Å². The first kappa shape index (κ1) is 20.4. The molecule has 0 bridgehead atoms. The molecule has 0 aromatic rings. The molecule has 1 N–H and O–H groups in total. The van der Waals surface area contributed by atoms with Crippen molar-refractivity contribution in [2.45, 2.75) is 104 Å². The van der Waals surface area contributed by atoms with Crippen LogP contribution in [-0.2, 0) is 4.74 Å². The standard InChI is InChI=1S/C17H36BrNO/c1-3-5-6-7-8-9-10-11-12-13-14-15-16-20-17(4-2)19-18/h17,19H,3-16H2,1-2H3. The quantitative estimate of drug-likeness (QED) is 0.199. The van der Waals surface area contributed by atoms with E-state index in [0.717, 1.165) is 13.0 Å². The summed E-state index contributed by atoms with van der Waals surface area (Å²) in [6, 6.07) is 0. The Kier molecular flexibility index (Phi) is 17.8. The van der Waals surface area contributed by atoms with Crippen LogP contribution in [-0.4, -0.2) is 12.8 Å². The SMILES string of the molecule is CCCCCCCCCCCCCCOC(CC)NBr. The fourth-order valence-corrected chi connectivity index (χ4v) is 2.85. The Labute approximate surface area is 135 Å². The van der Waals surface area contributed by atoms with Crippen LogP contribution < -0.4 is 4.34 Å². The molecule has 0 aliphatic carbocycles. The van der Waals surface area contributed by atoms with Gasteiger partial charge in [-0.1, -0.05) is 84.5 Å². The third kappa shape index (κ3) is 14.8. The molecule has 0 aliphatic rings. The van der Waals surface area contributed by atoms with Crippen molar-refractivity contribution in [1.29, 1.82) is 0 Å². The number of rotatable bonds is 16. The molecule has 20 heavy (non-hydrogen) atoms. The molecule has 0 radical (unpaired) electrons. The van der Waals surface area contributed by atoms with Gasteiger partial charge in [0.2, 0.25) is 0 Å². The number of unbranched alkanes of at least 4 members (excludes halogenated alkanes) is 11. The van der Waals surface area contributed by atoms with Gasteiger partial charge in [-0.15, -0.1) is 0 Å². The summed E-state index contributed by atoms with van der Waals surface area (Å²) < 4.78 is 8.66. The lowest BCUT2D eigenvalue weighted by molar-refractivity contribution is 0.0440. The topological polar surface area (TPSA) is 21.3 Å². The molecule has 0 aromatic heterocycles. The first-order valence-corrected chi connectivity index (χ1v) is 9.62. The molecular weight excluding hydrogens is 314 g/mol. The van der Waals surface area contributed by atoms with Crippen LogP contribution in [0.25, 0.3) is 0 Å². The summed E-state index contributed by atoms with van der Waals surface area (Å²) in [5.41, 5.74) is 0. The van der Waals surface area contributed by atoms with Crippen LogP contribution in [0.5, 0.6) is 0 Å². The van der Waals surface area contributed by atoms with Crippen LogP contribution in [0.2, 0.25) is 0 Å². The lowest BCUT2D eigenvalue weighted by Crippen LogP contribution is -2.23. The van der Waals surface area contributed by atoms with E-state index in [2.05, 4.69) is 34.3 Å². The smallest absolute Gasteiger partial charge is 0.116 e. The van der Waals surface area contributed by atoms with Gasteiger partial charge in [-0.05, 0) is 12.8 Å². The molecule has 0 aromatic carbocycles. The maximum Gasteiger partial charge on any atom is 0.116 e. The highest BCUT2D eigenvalue weighted by atomic mass is 79.9. The molecule has 0 heterocycles. The zero-order chi connectivity index (χ0) is 14.9. The molecule has 0 fully saturated rings. The van der Waals surface area contributed by atoms with E-state index in [-0.39, 0.29) is 6.23 Å². The predicted octanol–water partition coefficient (Wildman–Crippen LogP) is 6.34. The fourth-order valence-electron chi connectivity index (χ4n) is 2.40. The number of hydrogen-bond donors (Lipinski definition) is 1. The van der Waals surface area contributed by atoms with Crippen molar-refractivity contribution < 1.29 is 4.74 Å². The fraction of sp³-hybridized carbons (Fsp3) is 1.00. The van der Waals surface area contributed by atoms with Crippen molar-refractivity contribution in [3.8, 4) is 0 Å². The molecule has 0 saturated carbocycles. The second kappa shape index (κ2) is 17.5. The van der Waals surface area contributed by atoms with Crippen LogP contribution in [0.1, 0.15) is 97.3 Å². The van der Waals surface area contributed by atoms with E-state index < -0.39 is 0 Å². The zero-order valence-corrected chi connectivity index (χ0v) is 15.3. The van der Waals surface area contributed by atoms with E-state index in [9.17, 15) is 0 Å². The van der Waals surface area contributed by atoms with Crippen LogP contribution in [0.3, 0.4) is 0 Å². The molecule has 122 valence electrons. The van der Waals surface area contributed by atoms with E-state index in [4.69, 9.17) is 4.74 Å². The monoisotopic (exact) mass is 349 g/mol. The van der Waals surface area contributed by atoms with E-state index >= 15 is 0 Å². The zero-order valence-electron chi connectivity index (χ0n) is 13.8. The number of ether oxygens (including phenoxy) is 1. The Morgan fingerprint density at radius 3 is 1.60 bits per heavy atom. The van der Waals surface area contributed by atoms with Gasteiger partial charge < -0.3 is 4.74 Å². The normalized spacial score (nSPS) is 12.8. The minimum Gasteiger partial charge on any atom is -0.363 e. The Morgan fingerprint density at radius 1 is 0.750 bits per heavy atom. The summed E-state index contributed by atoms with van der Waals surface area (Å²) in [7, 11) is 0. The first-order valence-electron chi connectivity index (χ1n) is 8.82. The Morgan fingerprint density at radius 2 is 1.20 bits per heavy atom. The highest BCUT2D eigenvalue weighted by molar-refractivity contribution is 9.08. The molecular formula is C17H36BrNO. The maximum atomic E-state index is 5.67. The van der Waals surface area contributed by atoms with Crippen LogP contribution in [0, 0.1) is 0 Å². The molecule has 1 unspecified atom stereocenters. The summed E-state index contributed by atoms with van der Waals surface area (Å²) >= 11 is 3.24. The third-order valence-corrected chi connectivity index (χ3v) is 4.32. The number of nitrogens with one attached hydrogen (secondary N) is 1. The molecule has 2 nitrogen and oxygen atoms in total. The van der Waals surface area contributed by atoms with Crippen molar-refractivity contribution in [2.24, 2.45) is 0 Å². The van der Waals surface area contributed by atoms with Crippen molar-refractivity contribution in [3.05, 3.63) is 0 Å². The van der Waals surface area contributed by atoms with Gasteiger partial charge in [0.1, 0.15) is 6.23 Å². The van der Waals surface area contributed by atoms with Gasteiger partial charge in [0, 0.05) is 22.8 Å². The summed E-state index contributed by atoms with van der Waals surface area (Å²) in [6.45, 7) is 5.29. The predicted molar refractivity (Wildman–Crippen MR) is 93.2 cm³/mol. The first-order chi connectivity index (χ1) is 9.85. The lowest BCUT2D eigenvalue weighted by Gasteiger charge is -2.13. The molecule has 0 saturated heterocycles. The van der Waals surface area contributed by atoms with Crippen LogP contribution in [0.4, 0.5) is 0 Å². The summed E-state index contributed by atoms with van der Waals surface area (Å²) in [5.74, 6) is 0. The van der Waals surface area contributed by atoms with Crippen LogP contribution in [0.15, 0.2) is 0 Å². The largest absolute Gasteiger partial charge is 0.363 e. The van der Waals surface area contributed by atoms with Crippen LogP contribution >= 0.6 is 16.1 Å².